The summed E-state index contributed by atoms with van der Waals surface area (Å²) in [5, 5.41) is 12.4. The molecule has 0 aliphatic heterocycles. The molecule has 0 bridgehead atoms. The highest BCUT2D eigenvalue weighted by molar-refractivity contribution is 5.96. The van der Waals surface area contributed by atoms with E-state index in [0.29, 0.717) is 5.92 Å². The summed E-state index contributed by atoms with van der Waals surface area (Å²) in [6, 6.07) is 6.18. The summed E-state index contributed by atoms with van der Waals surface area (Å²) >= 11 is 0. The summed E-state index contributed by atoms with van der Waals surface area (Å²) in [7, 11) is 0. The van der Waals surface area contributed by atoms with Crippen LogP contribution in [0.1, 0.15) is 50.2 Å². The summed E-state index contributed by atoms with van der Waals surface area (Å²) in [4.78, 5) is 12.3. The van der Waals surface area contributed by atoms with Crippen molar-refractivity contribution in [3.63, 3.8) is 0 Å². The summed E-state index contributed by atoms with van der Waals surface area (Å²) < 4.78 is 0. The fraction of sp³-hybridized carbons (Fsp3) is 0.562. The van der Waals surface area contributed by atoms with Crippen LogP contribution < -0.4 is 5.32 Å². The van der Waals surface area contributed by atoms with Gasteiger partial charge in [0.15, 0.2) is 0 Å². The third-order valence-corrected chi connectivity index (χ3v) is 4.27. The Morgan fingerprint density at radius 1 is 1.42 bits per heavy atom. The monoisotopic (exact) mass is 261 g/mol. The number of hydrogen-bond acceptors (Lipinski definition) is 2. The molecule has 1 fully saturated rings. The van der Waals surface area contributed by atoms with Gasteiger partial charge in [-0.05, 0) is 42.9 Å². The standard InChI is InChI=1S/C16H23NO2/c1-11(2)13-6-5-12(3)14(9-13)17-15(19)16(10-18)7-4-8-16/h5-6,9,11,18H,4,7-8,10H2,1-3H3,(H,17,19). The summed E-state index contributed by atoms with van der Waals surface area (Å²) in [6.07, 6.45) is 2.61. The highest BCUT2D eigenvalue weighted by atomic mass is 16.3. The molecular formula is C16H23NO2. The molecule has 1 saturated carbocycles. The van der Waals surface area contributed by atoms with E-state index < -0.39 is 5.41 Å². The van der Waals surface area contributed by atoms with E-state index in [2.05, 4.69) is 25.2 Å². The van der Waals surface area contributed by atoms with Crippen LogP contribution in [0.4, 0.5) is 5.69 Å². The fourth-order valence-electron chi connectivity index (χ4n) is 2.45. The number of carbonyl (C=O) groups excluding carboxylic acids is 1. The van der Waals surface area contributed by atoms with Crippen molar-refractivity contribution in [1.29, 1.82) is 0 Å². The van der Waals surface area contributed by atoms with Gasteiger partial charge < -0.3 is 10.4 Å². The first-order valence-corrected chi connectivity index (χ1v) is 7.01. The van der Waals surface area contributed by atoms with E-state index in [9.17, 15) is 9.90 Å². The third-order valence-electron chi connectivity index (χ3n) is 4.27. The number of rotatable bonds is 4. The summed E-state index contributed by atoms with van der Waals surface area (Å²) in [5.41, 5.74) is 2.61. The number of anilines is 1. The van der Waals surface area contributed by atoms with Gasteiger partial charge >= 0.3 is 0 Å². The zero-order chi connectivity index (χ0) is 14.0. The minimum Gasteiger partial charge on any atom is -0.395 e. The molecule has 0 radical (unpaired) electrons. The lowest BCUT2D eigenvalue weighted by molar-refractivity contribution is -0.133. The van der Waals surface area contributed by atoms with Gasteiger partial charge in [0.1, 0.15) is 0 Å². The Hall–Kier alpha value is -1.35. The van der Waals surface area contributed by atoms with Gasteiger partial charge in [0.25, 0.3) is 0 Å². The number of amides is 1. The zero-order valence-corrected chi connectivity index (χ0v) is 12.0. The molecule has 0 saturated heterocycles. The molecule has 0 atom stereocenters. The van der Waals surface area contributed by atoms with Crippen molar-refractivity contribution in [2.75, 3.05) is 11.9 Å². The summed E-state index contributed by atoms with van der Waals surface area (Å²) in [6.45, 7) is 6.21. The molecule has 1 aromatic carbocycles. The van der Waals surface area contributed by atoms with E-state index in [1.807, 2.05) is 19.1 Å². The number of benzene rings is 1. The van der Waals surface area contributed by atoms with Crippen molar-refractivity contribution in [3.8, 4) is 0 Å². The fourth-order valence-corrected chi connectivity index (χ4v) is 2.45. The van der Waals surface area contributed by atoms with Crippen LogP contribution in [0.25, 0.3) is 0 Å². The Kier molecular flexibility index (Phi) is 3.95. The van der Waals surface area contributed by atoms with E-state index in [0.717, 1.165) is 30.5 Å². The maximum Gasteiger partial charge on any atom is 0.232 e. The molecule has 1 aliphatic rings. The van der Waals surface area contributed by atoms with Gasteiger partial charge in [-0.15, -0.1) is 0 Å². The molecule has 1 amide bonds. The van der Waals surface area contributed by atoms with Gasteiger partial charge in [0.2, 0.25) is 5.91 Å². The molecule has 0 heterocycles. The molecular weight excluding hydrogens is 238 g/mol. The van der Waals surface area contributed by atoms with Crippen LogP contribution in [-0.4, -0.2) is 17.6 Å². The average Bonchev–Trinajstić information content (AvgIpc) is 2.31. The Morgan fingerprint density at radius 2 is 2.11 bits per heavy atom. The highest BCUT2D eigenvalue weighted by Crippen LogP contribution is 2.41. The average molecular weight is 261 g/mol. The quantitative estimate of drug-likeness (QED) is 0.874. The molecule has 104 valence electrons. The number of aryl methyl sites for hydroxylation is 1. The molecule has 2 rings (SSSR count). The Morgan fingerprint density at radius 3 is 2.58 bits per heavy atom. The van der Waals surface area contributed by atoms with Gasteiger partial charge in [-0.3, -0.25) is 4.79 Å². The van der Waals surface area contributed by atoms with Crippen LogP contribution in [0.5, 0.6) is 0 Å². The second-order valence-corrected chi connectivity index (χ2v) is 5.98. The predicted octanol–water partition coefficient (Wildman–Crippen LogP) is 3.22. The Bertz CT molecular complexity index is 470. The summed E-state index contributed by atoms with van der Waals surface area (Å²) in [5.74, 6) is 0.400. The van der Waals surface area contributed by atoms with E-state index >= 15 is 0 Å². The first-order chi connectivity index (χ1) is 8.98. The Labute approximate surface area is 115 Å². The van der Waals surface area contributed by atoms with E-state index in [-0.39, 0.29) is 12.5 Å². The van der Waals surface area contributed by atoms with Crippen molar-refractivity contribution >= 4 is 11.6 Å². The van der Waals surface area contributed by atoms with Crippen molar-refractivity contribution in [3.05, 3.63) is 29.3 Å². The van der Waals surface area contributed by atoms with Crippen molar-refractivity contribution in [2.45, 2.75) is 46.0 Å². The maximum atomic E-state index is 12.3. The van der Waals surface area contributed by atoms with Crippen molar-refractivity contribution < 1.29 is 9.90 Å². The molecule has 0 unspecified atom stereocenters. The molecule has 1 aliphatic carbocycles. The van der Waals surface area contributed by atoms with Crippen LogP contribution in [-0.2, 0) is 4.79 Å². The van der Waals surface area contributed by atoms with Crippen LogP contribution in [0.3, 0.4) is 0 Å². The first kappa shape index (κ1) is 14.1. The lowest BCUT2D eigenvalue weighted by atomic mass is 9.68. The van der Waals surface area contributed by atoms with Gasteiger partial charge in [-0.2, -0.15) is 0 Å². The molecule has 0 aromatic heterocycles. The highest BCUT2D eigenvalue weighted by Gasteiger charge is 2.43. The van der Waals surface area contributed by atoms with Crippen LogP contribution in [0, 0.1) is 12.3 Å². The van der Waals surface area contributed by atoms with Gasteiger partial charge in [0.05, 0.1) is 12.0 Å². The zero-order valence-electron chi connectivity index (χ0n) is 12.0. The SMILES string of the molecule is Cc1ccc(C(C)C)cc1NC(=O)C1(CO)CCC1. The molecule has 3 nitrogen and oxygen atoms in total. The number of carbonyl (C=O) groups is 1. The van der Waals surface area contributed by atoms with Crippen LogP contribution >= 0.6 is 0 Å². The van der Waals surface area contributed by atoms with Crippen molar-refractivity contribution in [2.24, 2.45) is 5.41 Å². The first-order valence-electron chi connectivity index (χ1n) is 7.01. The topological polar surface area (TPSA) is 49.3 Å². The predicted molar refractivity (Wildman–Crippen MR) is 77.3 cm³/mol. The second kappa shape index (κ2) is 5.33. The molecule has 2 N–H and O–H groups in total. The van der Waals surface area contributed by atoms with E-state index in [1.54, 1.807) is 0 Å². The minimum atomic E-state index is -0.541. The van der Waals surface area contributed by atoms with Gasteiger partial charge in [0, 0.05) is 5.69 Å². The number of hydrogen-bond donors (Lipinski definition) is 2. The lowest BCUT2D eigenvalue weighted by Gasteiger charge is -2.38. The molecule has 19 heavy (non-hydrogen) atoms. The van der Waals surface area contributed by atoms with E-state index in [4.69, 9.17) is 0 Å². The number of nitrogens with one attached hydrogen (secondary N) is 1. The van der Waals surface area contributed by atoms with Crippen molar-refractivity contribution in [1.82, 2.24) is 0 Å². The largest absolute Gasteiger partial charge is 0.395 e. The normalized spacial score (nSPS) is 17.1. The third kappa shape index (κ3) is 2.66. The molecule has 0 spiro atoms. The second-order valence-electron chi connectivity index (χ2n) is 5.98. The Balaban J connectivity index is 2.18. The van der Waals surface area contributed by atoms with E-state index in [1.165, 1.54) is 5.56 Å². The maximum absolute atomic E-state index is 12.3. The molecule has 3 heteroatoms. The number of aliphatic hydroxyl groups is 1. The minimum absolute atomic E-state index is 0.0368. The van der Waals surface area contributed by atoms with Crippen LogP contribution in [0.2, 0.25) is 0 Å². The smallest absolute Gasteiger partial charge is 0.232 e. The lowest BCUT2D eigenvalue weighted by Crippen LogP contribution is -2.44. The van der Waals surface area contributed by atoms with Gasteiger partial charge in [-0.25, -0.2) is 0 Å². The molecule has 1 aromatic rings. The number of aliphatic hydroxyl groups excluding tert-OH is 1. The van der Waals surface area contributed by atoms with Crippen LogP contribution in [0.15, 0.2) is 18.2 Å². The van der Waals surface area contributed by atoms with Gasteiger partial charge in [-0.1, -0.05) is 32.4 Å².